The smallest absolute Gasteiger partial charge is 0.283 e. The third kappa shape index (κ3) is 6.13. The molecular formula is C28H34F2N4O7. The van der Waals surface area contributed by atoms with Gasteiger partial charge >= 0.3 is 0 Å². The molecule has 0 radical (unpaired) electrons. The van der Waals surface area contributed by atoms with E-state index in [1.54, 1.807) is 11.0 Å². The summed E-state index contributed by atoms with van der Waals surface area (Å²) in [6.07, 6.45) is 2.28. The molecule has 1 atom stereocenters. The second-order valence-electron chi connectivity index (χ2n) is 11.5. The number of imide groups is 2. The Morgan fingerprint density at radius 2 is 1.63 bits per heavy atom. The number of likely N-dealkylation sites (tertiary alicyclic amines) is 1. The van der Waals surface area contributed by atoms with E-state index in [1.807, 2.05) is 0 Å². The highest BCUT2D eigenvalue weighted by atomic mass is 19.3. The molecule has 3 saturated heterocycles. The standard InChI is InChI=1S/C28H34F2N4O7/c29-28(30,14-33-7-5-16(6-8-33)40-20-12-31-13-20)15-39-18-9-19(10-18)41-17-1-2-21-22(11-17)27(38)34(26(21)37)23-3-4-24(35)32-25(23)36/h1-2,11,16,18-20,23,31H,3-10,12-15H2,(H,32,35,36)/t18-,19-,23?. The summed E-state index contributed by atoms with van der Waals surface area (Å²) in [5.41, 5.74) is 0.288. The van der Waals surface area contributed by atoms with Crippen LogP contribution in [0.15, 0.2) is 18.2 Å². The zero-order chi connectivity index (χ0) is 28.7. The molecule has 11 nitrogen and oxygen atoms in total. The Balaban J connectivity index is 0.934. The zero-order valence-corrected chi connectivity index (χ0v) is 22.6. The molecule has 222 valence electrons. The molecule has 0 spiro atoms. The number of hydrogen-bond acceptors (Lipinski definition) is 9. The van der Waals surface area contributed by atoms with Crippen LogP contribution in [0.1, 0.15) is 59.2 Å². The number of ether oxygens (including phenoxy) is 3. The number of rotatable bonds is 10. The Morgan fingerprint density at radius 1 is 0.902 bits per heavy atom. The van der Waals surface area contributed by atoms with Gasteiger partial charge in [0.2, 0.25) is 11.8 Å². The average molecular weight is 577 g/mol. The number of amides is 4. The predicted molar refractivity (Wildman–Crippen MR) is 139 cm³/mol. The maximum Gasteiger partial charge on any atom is 0.283 e. The molecular weight excluding hydrogens is 542 g/mol. The van der Waals surface area contributed by atoms with E-state index in [-0.39, 0.29) is 54.9 Å². The van der Waals surface area contributed by atoms with Gasteiger partial charge in [-0.25, -0.2) is 8.78 Å². The zero-order valence-electron chi connectivity index (χ0n) is 22.6. The minimum Gasteiger partial charge on any atom is -0.490 e. The van der Waals surface area contributed by atoms with Gasteiger partial charge in [-0.2, -0.15) is 0 Å². The molecule has 4 amide bonds. The minimum absolute atomic E-state index is 0.0434. The van der Waals surface area contributed by atoms with Gasteiger partial charge in [0, 0.05) is 45.4 Å². The lowest BCUT2D eigenvalue weighted by molar-refractivity contribution is -0.147. The summed E-state index contributed by atoms with van der Waals surface area (Å²) in [7, 11) is 0. The van der Waals surface area contributed by atoms with Crippen molar-refractivity contribution in [3.05, 3.63) is 29.3 Å². The molecule has 1 aliphatic carbocycles. The van der Waals surface area contributed by atoms with Crippen molar-refractivity contribution < 1.29 is 42.2 Å². The minimum atomic E-state index is -2.96. The molecule has 1 aromatic rings. The van der Waals surface area contributed by atoms with Gasteiger partial charge in [0.15, 0.2) is 0 Å². The molecule has 13 heteroatoms. The lowest BCUT2D eigenvalue weighted by Gasteiger charge is -2.38. The number of carbonyl (C=O) groups is 4. The quantitative estimate of drug-likeness (QED) is 0.394. The third-order valence-electron chi connectivity index (χ3n) is 8.41. The molecule has 2 N–H and O–H groups in total. The molecule has 1 unspecified atom stereocenters. The molecule has 0 aromatic heterocycles. The van der Waals surface area contributed by atoms with Crippen LogP contribution in [0.4, 0.5) is 8.78 Å². The summed E-state index contributed by atoms with van der Waals surface area (Å²) < 4.78 is 46.6. The van der Waals surface area contributed by atoms with E-state index in [2.05, 4.69) is 10.6 Å². The van der Waals surface area contributed by atoms with Crippen LogP contribution in [0.2, 0.25) is 0 Å². The first-order chi connectivity index (χ1) is 19.6. The largest absolute Gasteiger partial charge is 0.490 e. The second-order valence-corrected chi connectivity index (χ2v) is 11.5. The van der Waals surface area contributed by atoms with Gasteiger partial charge in [-0.1, -0.05) is 0 Å². The number of piperidine rings is 2. The van der Waals surface area contributed by atoms with Crippen LogP contribution in [-0.4, -0.2) is 109 Å². The first kappa shape index (κ1) is 28.1. The highest BCUT2D eigenvalue weighted by molar-refractivity contribution is 6.23. The maximum atomic E-state index is 14.6. The Labute approximate surface area is 235 Å². The number of benzene rings is 1. The fourth-order valence-electron chi connectivity index (χ4n) is 5.91. The van der Waals surface area contributed by atoms with Gasteiger partial charge in [-0.05, 0) is 37.5 Å². The van der Waals surface area contributed by atoms with E-state index in [0.717, 1.165) is 30.8 Å². The number of carbonyl (C=O) groups excluding carboxylic acids is 4. The molecule has 5 aliphatic rings. The van der Waals surface area contributed by atoms with Crippen LogP contribution in [0.5, 0.6) is 5.75 Å². The van der Waals surface area contributed by atoms with Crippen molar-refractivity contribution in [2.24, 2.45) is 0 Å². The van der Waals surface area contributed by atoms with E-state index < -0.39 is 42.2 Å². The van der Waals surface area contributed by atoms with Crippen LogP contribution < -0.4 is 15.4 Å². The number of nitrogens with one attached hydrogen (secondary N) is 2. The molecule has 41 heavy (non-hydrogen) atoms. The molecule has 6 rings (SSSR count). The van der Waals surface area contributed by atoms with Gasteiger partial charge in [0.1, 0.15) is 24.5 Å². The predicted octanol–water partition coefficient (Wildman–Crippen LogP) is 1.10. The van der Waals surface area contributed by atoms with Crippen molar-refractivity contribution in [3.8, 4) is 5.75 Å². The van der Waals surface area contributed by atoms with Gasteiger partial charge in [0.05, 0.1) is 36.0 Å². The normalized spacial score (nSPS) is 27.9. The van der Waals surface area contributed by atoms with Crippen molar-refractivity contribution in [1.82, 2.24) is 20.4 Å². The topological polar surface area (TPSA) is 127 Å². The van der Waals surface area contributed by atoms with Crippen molar-refractivity contribution in [1.29, 1.82) is 0 Å². The number of alkyl halides is 2. The summed E-state index contributed by atoms with van der Waals surface area (Å²) in [5, 5.41) is 5.33. The monoisotopic (exact) mass is 576 g/mol. The van der Waals surface area contributed by atoms with Gasteiger partial charge in [0.25, 0.3) is 17.7 Å². The summed E-state index contributed by atoms with van der Waals surface area (Å²) >= 11 is 0. The summed E-state index contributed by atoms with van der Waals surface area (Å²) in [6.45, 7) is 1.90. The van der Waals surface area contributed by atoms with E-state index in [1.165, 1.54) is 12.1 Å². The molecule has 1 saturated carbocycles. The molecule has 4 heterocycles. The van der Waals surface area contributed by atoms with E-state index >= 15 is 0 Å². The lowest BCUT2D eigenvalue weighted by Crippen LogP contribution is -2.54. The molecule has 4 fully saturated rings. The van der Waals surface area contributed by atoms with Crippen molar-refractivity contribution >= 4 is 23.6 Å². The Kier molecular flexibility index (Phi) is 7.79. The summed E-state index contributed by atoms with van der Waals surface area (Å²) in [5.74, 6) is -4.91. The first-order valence-corrected chi connectivity index (χ1v) is 14.3. The number of halogens is 2. The van der Waals surface area contributed by atoms with Crippen molar-refractivity contribution in [3.63, 3.8) is 0 Å². The molecule has 0 bridgehead atoms. The molecule has 1 aromatic carbocycles. The highest BCUT2D eigenvalue weighted by Crippen LogP contribution is 2.34. The van der Waals surface area contributed by atoms with Gasteiger partial charge in [-0.15, -0.1) is 0 Å². The fourth-order valence-corrected chi connectivity index (χ4v) is 5.91. The van der Waals surface area contributed by atoms with E-state index in [9.17, 15) is 28.0 Å². The maximum absolute atomic E-state index is 14.6. The SMILES string of the molecule is O=C1CCC(N2C(=O)c3ccc(O[C@H]4C[C@H](OCC(F)(F)CN5CCC(OC6CNC6)CC5)C4)cc3C2=O)C(=O)N1. The fraction of sp³-hybridized carbons (Fsp3) is 0.643. The number of nitrogens with zero attached hydrogens (tertiary/aromatic N) is 2. The Hall–Kier alpha value is -3.00. The van der Waals surface area contributed by atoms with Crippen LogP contribution >= 0.6 is 0 Å². The van der Waals surface area contributed by atoms with Crippen LogP contribution in [0.25, 0.3) is 0 Å². The Bertz CT molecular complexity index is 1210. The van der Waals surface area contributed by atoms with E-state index in [4.69, 9.17) is 14.2 Å². The van der Waals surface area contributed by atoms with Crippen molar-refractivity contribution in [2.75, 3.05) is 39.3 Å². The number of hydrogen-bond donors (Lipinski definition) is 2. The van der Waals surface area contributed by atoms with Crippen molar-refractivity contribution in [2.45, 2.75) is 74.9 Å². The van der Waals surface area contributed by atoms with E-state index in [0.29, 0.717) is 31.7 Å². The van der Waals surface area contributed by atoms with Gasteiger partial charge in [-0.3, -0.25) is 34.3 Å². The molecule has 4 aliphatic heterocycles. The van der Waals surface area contributed by atoms with Crippen LogP contribution in [0, 0.1) is 0 Å². The lowest BCUT2D eigenvalue weighted by atomic mass is 9.92. The van der Waals surface area contributed by atoms with Crippen LogP contribution in [0.3, 0.4) is 0 Å². The second kappa shape index (κ2) is 11.3. The van der Waals surface area contributed by atoms with Crippen LogP contribution in [-0.2, 0) is 19.1 Å². The number of fused-ring (bicyclic) bond motifs is 1. The highest BCUT2D eigenvalue weighted by Gasteiger charge is 2.45. The summed E-state index contributed by atoms with van der Waals surface area (Å²) in [6, 6.07) is 3.46. The Morgan fingerprint density at radius 3 is 2.32 bits per heavy atom. The summed E-state index contributed by atoms with van der Waals surface area (Å²) in [4.78, 5) is 52.2. The third-order valence-corrected chi connectivity index (χ3v) is 8.41. The van der Waals surface area contributed by atoms with Gasteiger partial charge < -0.3 is 19.5 Å². The average Bonchev–Trinajstić information content (AvgIpc) is 3.13. The first-order valence-electron chi connectivity index (χ1n) is 14.3.